The Labute approximate surface area is 170 Å². The van der Waals surface area contributed by atoms with Gasteiger partial charge in [-0.1, -0.05) is 6.07 Å². The number of nitrogens with zero attached hydrogens (tertiary/aromatic N) is 3. The van der Waals surface area contributed by atoms with Gasteiger partial charge in [0.1, 0.15) is 31.0 Å². The van der Waals surface area contributed by atoms with E-state index in [9.17, 15) is 9.59 Å². The first-order valence-corrected chi connectivity index (χ1v) is 11.0. The second-order valence-electron chi connectivity index (χ2n) is 7.05. The van der Waals surface area contributed by atoms with Gasteiger partial charge in [0.2, 0.25) is 5.91 Å². The van der Waals surface area contributed by atoms with E-state index >= 15 is 0 Å². The zero-order chi connectivity index (χ0) is 19.7. The Morgan fingerprint density at radius 3 is 2.79 bits per heavy atom. The van der Waals surface area contributed by atoms with E-state index in [1.165, 1.54) is 21.1 Å². The maximum Gasteiger partial charge on any atom is 0.263 e. The van der Waals surface area contributed by atoms with E-state index in [0.29, 0.717) is 31.0 Å². The largest absolute Gasteiger partial charge is 0.370 e. The minimum Gasteiger partial charge on any atom is -0.370 e. The number of nitrogens with one attached hydrogen (secondary N) is 1. The lowest BCUT2D eigenvalue weighted by Gasteiger charge is -2.24. The molecule has 1 aliphatic heterocycles. The fourth-order valence-electron chi connectivity index (χ4n) is 3.31. The molecule has 28 heavy (non-hydrogen) atoms. The van der Waals surface area contributed by atoms with Crippen molar-refractivity contribution in [3.8, 4) is 10.4 Å². The van der Waals surface area contributed by atoms with Gasteiger partial charge >= 0.3 is 0 Å². The van der Waals surface area contributed by atoms with Gasteiger partial charge in [-0.2, -0.15) is 0 Å². The molecule has 0 aliphatic carbocycles. The van der Waals surface area contributed by atoms with Crippen molar-refractivity contribution in [3.05, 3.63) is 39.1 Å². The van der Waals surface area contributed by atoms with Crippen molar-refractivity contribution in [2.75, 3.05) is 40.4 Å². The van der Waals surface area contributed by atoms with E-state index in [1.54, 1.807) is 30.0 Å². The summed E-state index contributed by atoms with van der Waals surface area (Å²) in [6.45, 7) is 3.79. The minimum atomic E-state index is -0.132. The van der Waals surface area contributed by atoms with E-state index < -0.39 is 0 Å². The first kappa shape index (κ1) is 19.3. The molecule has 3 aromatic heterocycles. The fourth-order valence-corrected chi connectivity index (χ4v) is 5.09. The highest BCUT2D eigenvalue weighted by Crippen LogP contribution is 2.33. The molecule has 0 unspecified atom stereocenters. The molecule has 4 heterocycles. The van der Waals surface area contributed by atoms with Gasteiger partial charge in [0.25, 0.3) is 5.56 Å². The van der Waals surface area contributed by atoms with Crippen LogP contribution in [0.25, 0.3) is 20.7 Å². The maximum atomic E-state index is 13.5. The zero-order valence-electron chi connectivity index (χ0n) is 15.9. The number of amides is 1. The molecule has 3 aromatic rings. The average Bonchev–Trinajstić information content (AvgIpc) is 3.35. The highest BCUT2D eigenvalue weighted by Gasteiger charge is 2.23. The van der Waals surface area contributed by atoms with Crippen molar-refractivity contribution in [2.45, 2.75) is 13.1 Å². The quantitative estimate of drug-likeness (QED) is 0.661. The summed E-state index contributed by atoms with van der Waals surface area (Å²) < 4.78 is 7.00. The first-order valence-electron chi connectivity index (χ1n) is 9.21. The Morgan fingerprint density at radius 1 is 1.32 bits per heavy atom. The van der Waals surface area contributed by atoms with Crippen molar-refractivity contribution >= 4 is 38.8 Å². The molecule has 0 saturated carbocycles. The Hall–Kier alpha value is -2.07. The van der Waals surface area contributed by atoms with Gasteiger partial charge in [-0.15, -0.1) is 22.7 Å². The molecule has 148 valence electrons. The van der Waals surface area contributed by atoms with E-state index in [2.05, 4.69) is 0 Å². The zero-order valence-corrected chi connectivity index (χ0v) is 17.6. The number of thiophene rings is 2. The van der Waals surface area contributed by atoms with Crippen molar-refractivity contribution in [2.24, 2.45) is 0 Å². The van der Waals surface area contributed by atoms with E-state index in [4.69, 9.17) is 9.72 Å². The minimum absolute atomic E-state index is 0.00755. The van der Waals surface area contributed by atoms with Crippen LogP contribution in [0.3, 0.4) is 0 Å². The van der Waals surface area contributed by atoms with Gasteiger partial charge in [-0.25, -0.2) is 4.98 Å². The molecule has 7 nitrogen and oxygen atoms in total. The maximum absolute atomic E-state index is 13.5. The predicted octanol–water partition coefficient (Wildman–Crippen LogP) is 0.690. The summed E-state index contributed by atoms with van der Waals surface area (Å²) in [5, 5.41) is 4.60. The van der Waals surface area contributed by atoms with Crippen molar-refractivity contribution < 1.29 is 14.4 Å². The number of aromatic nitrogens is 2. The number of carbonyl (C=O) groups is 1. The molecular weight excluding hydrogens is 396 g/mol. The number of hydrogen-bond acceptors (Lipinski definition) is 6. The van der Waals surface area contributed by atoms with Crippen molar-refractivity contribution in [3.63, 3.8) is 0 Å². The third-order valence-corrected chi connectivity index (χ3v) is 6.74. The van der Waals surface area contributed by atoms with Gasteiger partial charge in [0, 0.05) is 29.9 Å². The molecule has 4 rings (SSSR count). The summed E-state index contributed by atoms with van der Waals surface area (Å²) in [6.07, 6.45) is 0. The molecule has 1 saturated heterocycles. The first-order chi connectivity index (χ1) is 13.5. The van der Waals surface area contributed by atoms with Crippen LogP contribution in [0.5, 0.6) is 0 Å². The third-order valence-electron chi connectivity index (χ3n) is 4.96. The lowest BCUT2D eigenvalue weighted by atomic mass is 10.2. The normalized spacial score (nSPS) is 15.2. The molecule has 0 bridgehead atoms. The number of fused-ring (bicyclic) bond motifs is 1. The molecule has 0 aromatic carbocycles. The smallest absolute Gasteiger partial charge is 0.263 e. The average molecular weight is 420 g/mol. The molecule has 0 atom stereocenters. The lowest BCUT2D eigenvalue weighted by molar-refractivity contribution is -0.922. The molecule has 0 spiro atoms. The van der Waals surface area contributed by atoms with Crippen LogP contribution in [0, 0.1) is 0 Å². The second kappa shape index (κ2) is 8.12. The van der Waals surface area contributed by atoms with Crippen LogP contribution in [0.2, 0.25) is 0 Å². The summed E-state index contributed by atoms with van der Waals surface area (Å²) in [7, 11) is 3.40. The molecule has 1 fully saturated rings. The third kappa shape index (κ3) is 3.75. The molecule has 1 amide bonds. The predicted molar refractivity (Wildman–Crippen MR) is 111 cm³/mol. The van der Waals surface area contributed by atoms with E-state index in [1.807, 2.05) is 22.9 Å². The molecular formula is C19H23N4O3S2+. The number of quaternary nitrogens is 1. The van der Waals surface area contributed by atoms with Crippen LogP contribution in [0.1, 0.15) is 5.82 Å². The number of rotatable bonds is 5. The molecule has 0 radical (unpaired) electrons. The Kier molecular flexibility index (Phi) is 5.58. The van der Waals surface area contributed by atoms with Gasteiger partial charge < -0.3 is 14.5 Å². The van der Waals surface area contributed by atoms with Crippen LogP contribution in [-0.4, -0.2) is 60.8 Å². The van der Waals surface area contributed by atoms with Crippen LogP contribution >= 0.6 is 22.7 Å². The fraction of sp³-hybridized carbons (Fsp3) is 0.421. The van der Waals surface area contributed by atoms with E-state index in [0.717, 1.165) is 28.4 Å². The Balaban J connectivity index is 1.82. The number of hydrogen-bond donors (Lipinski definition) is 1. The van der Waals surface area contributed by atoms with Gasteiger partial charge in [0.15, 0.2) is 5.82 Å². The standard InChI is InChI=1S/C19H22N4O3S2/c1-21(2)16(24)11-23-15(10-22-5-7-26-8-6-22)20-18-17(19(23)25)13(12-28-18)14-4-3-9-27-14/h3-4,9,12H,5-8,10-11H2,1-2H3/p+1. The van der Waals surface area contributed by atoms with E-state index in [-0.39, 0.29) is 18.0 Å². The van der Waals surface area contributed by atoms with Crippen LogP contribution < -0.4 is 10.5 Å². The molecule has 1 aliphatic rings. The van der Waals surface area contributed by atoms with Gasteiger partial charge in [-0.3, -0.25) is 14.2 Å². The summed E-state index contributed by atoms with van der Waals surface area (Å²) in [4.78, 5) is 35.3. The number of morpholine rings is 1. The van der Waals surface area contributed by atoms with Crippen molar-refractivity contribution in [1.29, 1.82) is 0 Å². The van der Waals surface area contributed by atoms with Crippen LogP contribution in [0.15, 0.2) is 27.7 Å². The SMILES string of the molecule is CN(C)C(=O)Cn1c(C[NH+]2CCOCC2)nc2scc(-c3cccs3)c2c1=O. The van der Waals surface area contributed by atoms with Crippen molar-refractivity contribution in [1.82, 2.24) is 14.5 Å². The highest BCUT2D eigenvalue weighted by atomic mass is 32.1. The molecule has 1 N–H and O–H groups in total. The summed E-state index contributed by atoms with van der Waals surface area (Å²) >= 11 is 3.09. The van der Waals surface area contributed by atoms with Gasteiger partial charge in [0.05, 0.1) is 18.6 Å². The number of carbonyl (C=O) groups excluding carboxylic acids is 1. The topological polar surface area (TPSA) is 68.9 Å². The summed E-state index contributed by atoms with van der Waals surface area (Å²) in [5.41, 5.74) is 0.774. The van der Waals surface area contributed by atoms with Gasteiger partial charge in [-0.05, 0) is 11.4 Å². The van der Waals surface area contributed by atoms with Crippen LogP contribution in [0.4, 0.5) is 0 Å². The molecule has 9 heteroatoms. The number of ether oxygens (including phenoxy) is 1. The highest BCUT2D eigenvalue weighted by molar-refractivity contribution is 7.18. The lowest BCUT2D eigenvalue weighted by Crippen LogP contribution is -3.13. The number of likely N-dealkylation sites (N-methyl/N-ethyl adjacent to an activating group) is 1. The van der Waals surface area contributed by atoms with Crippen LogP contribution in [-0.2, 0) is 22.6 Å². The Bertz CT molecular complexity index is 1030. The summed E-state index contributed by atoms with van der Waals surface area (Å²) in [6, 6.07) is 3.98. The Morgan fingerprint density at radius 2 is 2.11 bits per heavy atom. The summed E-state index contributed by atoms with van der Waals surface area (Å²) in [5.74, 6) is 0.554. The second-order valence-corrected chi connectivity index (χ2v) is 8.86. The monoisotopic (exact) mass is 419 g/mol.